The summed E-state index contributed by atoms with van der Waals surface area (Å²) in [7, 11) is 3.79. The number of anilines is 1. The summed E-state index contributed by atoms with van der Waals surface area (Å²) in [6, 6.07) is 5.23. The Kier molecular flexibility index (Phi) is 3.12. The molecule has 1 aromatic carbocycles. The fraction of sp³-hybridized carbons (Fsp3) is 0.364. The third-order valence-electron chi connectivity index (χ3n) is 2.21. The van der Waals surface area contributed by atoms with Crippen molar-refractivity contribution in [3.8, 4) is 0 Å². The van der Waals surface area contributed by atoms with Crippen LogP contribution in [0, 0.1) is 0 Å². The van der Waals surface area contributed by atoms with Gasteiger partial charge in [0.15, 0.2) is 0 Å². The van der Waals surface area contributed by atoms with Gasteiger partial charge in [0.1, 0.15) is 0 Å². The summed E-state index contributed by atoms with van der Waals surface area (Å²) in [6.07, 6.45) is 0.692. The first-order chi connectivity index (χ1) is 6.57. The first-order valence-corrected chi connectivity index (χ1v) is 4.58. The monoisotopic (exact) mass is 192 g/mol. The molecule has 0 aliphatic rings. The lowest BCUT2D eigenvalue weighted by Crippen LogP contribution is -2.25. The Hall–Kier alpha value is -1.51. The van der Waals surface area contributed by atoms with Crippen molar-refractivity contribution in [2.45, 2.75) is 13.3 Å². The van der Waals surface area contributed by atoms with E-state index in [2.05, 4.69) is 0 Å². The predicted molar refractivity (Wildman–Crippen MR) is 54.5 cm³/mol. The van der Waals surface area contributed by atoms with E-state index in [1.165, 1.54) is 0 Å². The van der Waals surface area contributed by atoms with E-state index in [1.54, 1.807) is 12.1 Å². The SMILES string of the molecule is CCc1c(C(=O)[O-])cccc1N(C)C. The number of aromatic carboxylic acids is 1. The summed E-state index contributed by atoms with van der Waals surface area (Å²) in [5, 5.41) is 10.8. The van der Waals surface area contributed by atoms with Gasteiger partial charge in [0.2, 0.25) is 0 Å². The molecule has 0 atom stereocenters. The van der Waals surface area contributed by atoms with Gasteiger partial charge in [-0.25, -0.2) is 0 Å². The van der Waals surface area contributed by atoms with Gasteiger partial charge in [-0.2, -0.15) is 0 Å². The molecule has 76 valence electrons. The van der Waals surface area contributed by atoms with Crippen LogP contribution >= 0.6 is 0 Å². The summed E-state index contributed by atoms with van der Waals surface area (Å²) in [5.74, 6) is -1.11. The smallest absolute Gasteiger partial charge is 0.0718 e. The van der Waals surface area contributed by atoms with Crippen LogP contribution in [0.1, 0.15) is 22.8 Å². The average molecular weight is 192 g/mol. The Morgan fingerprint density at radius 2 is 2.07 bits per heavy atom. The lowest BCUT2D eigenvalue weighted by molar-refractivity contribution is -0.255. The van der Waals surface area contributed by atoms with Crippen LogP contribution in [0.2, 0.25) is 0 Å². The van der Waals surface area contributed by atoms with E-state index in [1.807, 2.05) is 32.0 Å². The highest BCUT2D eigenvalue weighted by Gasteiger charge is 2.08. The van der Waals surface area contributed by atoms with Gasteiger partial charge in [-0.3, -0.25) is 0 Å². The lowest BCUT2D eigenvalue weighted by Gasteiger charge is -2.19. The molecule has 1 rings (SSSR count). The quantitative estimate of drug-likeness (QED) is 0.707. The summed E-state index contributed by atoms with van der Waals surface area (Å²) in [5.41, 5.74) is 2.06. The number of carboxylic acid groups (broad SMARTS) is 1. The van der Waals surface area contributed by atoms with Crippen molar-refractivity contribution in [3.63, 3.8) is 0 Å². The van der Waals surface area contributed by atoms with Gasteiger partial charge in [-0.15, -0.1) is 0 Å². The molecular weight excluding hydrogens is 178 g/mol. The lowest BCUT2D eigenvalue weighted by atomic mass is 10.0. The van der Waals surface area contributed by atoms with Crippen LogP contribution in [0.15, 0.2) is 18.2 Å². The number of hydrogen-bond acceptors (Lipinski definition) is 3. The van der Waals surface area contributed by atoms with E-state index < -0.39 is 5.97 Å². The zero-order chi connectivity index (χ0) is 10.7. The van der Waals surface area contributed by atoms with E-state index >= 15 is 0 Å². The number of benzene rings is 1. The summed E-state index contributed by atoms with van der Waals surface area (Å²) in [4.78, 5) is 12.7. The number of hydrogen-bond donors (Lipinski definition) is 0. The van der Waals surface area contributed by atoms with Crippen molar-refractivity contribution < 1.29 is 9.90 Å². The fourth-order valence-corrected chi connectivity index (χ4v) is 1.56. The first-order valence-electron chi connectivity index (χ1n) is 4.58. The van der Waals surface area contributed by atoms with Crippen LogP contribution in [-0.4, -0.2) is 20.1 Å². The van der Waals surface area contributed by atoms with Gasteiger partial charge >= 0.3 is 0 Å². The van der Waals surface area contributed by atoms with Crippen molar-refractivity contribution in [2.24, 2.45) is 0 Å². The number of rotatable bonds is 3. The highest BCUT2D eigenvalue weighted by Crippen LogP contribution is 2.22. The summed E-state index contributed by atoms with van der Waals surface area (Å²) < 4.78 is 0. The molecule has 0 spiro atoms. The average Bonchev–Trinajstić information content (AvgIpc) is 2.16. The minimum Gasteiger partial charge on any atom is -0.545 e. The number of carboxylic acids is 1. The Labute approximate surface area is 84.0 Å². The van der Waals surface area contributed by atoms with Crippen molar-refractivity contribution >= 4 is 11.7 Å². The Balaban J connectivity index is 3.32. The third kappa shape index (κ3) is 1.87. The third-order valence-corrected chi connectivity index (χ3v) is 2.21. The maximum atomic E-state index is 10.8. The highest BCUT2D eigenvalue weighted by atomic mass is 16.4. The van der Waals surface area contributed by atoms with Crippen molar-refractivity contribution in [1.82, 2.24) is 0 Å². The topological polar surface area (TPSA) is 43.4 Å². The molecule has 0 bridgehead atoms. The molecule has 0 aliphatic heterocycles. The van der Waals surface area contributed by atoms with Crippen LogP contribution in [0.25, 0.3) is 0 Å². The largest absolute Gasteiger partial charge is 0.545 e. The van der Waals surface area contributed by atoms with Gasteiger partial charge in [0, 0.05) is 25.3 Å². The molecule has 14 heavy (non-hydrogen) atoms. The molecule has 0 saturated heterocycles. The van der Waals surface area contributed by atoms with E-state index in [0.717, 1.165) is 11.3 Å². The molecule has 0 amide bonds. The van der Waals surface area contributed by atoms with Gasteiger partial charge in [0.25, 0.3) is 0 Å². The Morgan fingerprint density at radius 1 is 1.43 bits per heavy atom. The fourth-order valence-electron chi connectivity index (χ4n) is 1.56. The van der Waals surface area contributed by atoms with Crippen molar-refractivity contribution in [2.75, 3.05) is 19.0 Å². The van der Waals surface area contributed by atoms with Crippen LogP contribution < -0.4 is 10.0 Å². The second kappa shape index (κ2) is 4.13. The highest BCUT2D eigenvalue weighted by molar-refractivity contribution is 5.89. The molecule has 0 saturated carbocycles. The molecule has 1 aromatic rings. The van der Waals surface area contributed by atoms with Gasteiger partial charge in [0.05, 0.1) is 5.97 Å². The molecule has 3 nitrogen and oxygen atoms in total. The van der Waals surface area contributed by atoms with Crippen molar-refractivity contribution in [1.29, 1.82) is 0 Å². The normalized spacial score (nSPS) is 9.93. The van der Waals surface area contributed by atoms with Gasteiger partial charge in [-0.1, -0.05) is 19.1 Å². The minimum atomic E-state index is -1.11. The molecule has 0 heterocycles. The van der Waals surface area contributed by atoms with E-state index in [-0.39, 0.29) is 0 Å². The zero-order valence-electron chi connectivity index (χ0n) is 8.70. The van der Waals surface area contributed by atoms with Crippen LogP contribution in [0.4, 0.5) is 5.69 Å². The molecule has 0 radical (unpaired) electrons. The number of nitrogens with zero attached hydrogens (tertiary/aromatic N) is 1. The van der Waals surface area contributed by atoms with Crippen LogP contribution in [0.3, 0.4) is 0 Å². The minimum absolute atomic E-state index is 0.290. The molecule has 3 heteroatoms. The Bertz CT molecular complexity index is 345. The van der Waals surface area contributed by atoms with E-state index in [0.29, 0.717) is 12.0 Å². The first kappa shape index (κ1) is 10.6. The summed E-state index contributed by atoms with van der Waals surface area (Å²) in [6.45, 7) is 1.94. The Morgan fingerprint density at radius 3 is 2.50 bits per heavy atom. The maximum Gasteiger partial charge on any atom is 0.0718 e. The zero-order valence-corrected chi connectivity index (χ0v) is 8.70. The van der Waals surface area contributed by atoms with E-state index in [4.69, 9.17) is 0 Å². The predicted octanol–water partition coefficient (Wildman–Crippen LogP) is 0.679. The maximum absolute atomic E-state index is 10.8. The molecule has 0 aromatic heterocycles. The summed E-state index contributed by atoms with van der Waals surface area (Å²) >= 11 is 0. The van der Waals surface area contributed by atoms with E-state index in [9.17, 15) is 9.90 Å². The number of carbonyl (C=O) groups excluding carboxylic acids is 1. The van der Waals surface area contributed by atoms with Crippen LogP contribution in [-0.2, 0) is 6.42 Å². The van der Waals surface area contributed by atoms with Crippen molar-refractivity contribution in [3.05, 3.63) is 29.3 Å². The standard InChI is InChI=1S/C11H15NO2/c1-4-8-9(11(13)14)6-5-7-10(8)12(2)3/h5-7H,4H2,1-3H3,(H,13,14)/p-1. The molecule has 0 fully saturated rings. The van der Waals surface area contributed by atoms with Gasteiger partial charge < -0.3 is 14.8 Å². The second-order valence-corrected chi connectivity index (χ2v) is 3.34. The van der Waals surface area contributed by atoms with Crippen LogP contribution in [0.5, 0.6) is 0 Å². The molecule has 0 aliphatic carbocycles. The van der Waals surface area contributed by atoms with Gasteiger partial charge in [-0.05, 0) is 18.1 Å². The molecule has 0 N–H and O–H groups in total. The second-order valence-electron chi connectivity index (χ2n) is 3.34. The molecular formula is C11H14NO2-. The molecule has 0 unspecified atom stereocenters. The number of carbonyl (C=O) groups is 1.